The zero-order valence-corrected chi connectivity index (χ0v) is 12.0. The molecule has 1 aromatic rings. The molecule has 5 heteroatoms. The topological polar surface area (TPSA) is 38.5 Å². The van der Waals surface area contributed by atoms with Crippen molar-refractivity contribution in [3.05, 3.63) is 35.6 Å². The first kappa shape index (κ1) is 14.4. The van der Waals surface area contributed by atoms with Crippen LogP contribution in [0.1, 0.15) is 25.5 Å². The zero-order chi connectivity index (χ0) is 14.0. The third-order valence-electron chi connectivity index (χ3n) is 3.25. The first-order valence-corrected chi connectivity index (χ1v) is 6.82. The Morgan fingerprint density at radius 2 is 2.05 bits per heavy atom. The molecule has 0 aliphatic carbocycles. The van der Waals surface area contributed by atoms with Gasteiger partial charge in [-0.1, -0.05) is 24.4 Å². The van der Waals surface area contributed by atoms with E-state index in [-0.39, 0.29) is 24.1 Å². The molecule has 3 nitrogen and oxygen atoms in total. The van der Waals surface area contributed by atoms with Crippen LogP contribution in [0.15, 0.2) is 24.3 Å². The molecule has 3 unspecified atom stereocenters. The largest absolute Gasteiger partial charge is 0.392 e. The second-order valence-electron chi connectivity index (χ2n) is 5.07. The van der Waals surface area contributed by atoms with E-state index in [1.165, 1.54) is 12.1 Å². The van der Waals surface area contributed by atoms with Crippen LogP contribution in [-0.4, -0.2) is 35.2 Å². The molecule has 1 aromatic carbocycles. The van der Waals surface area contributed by atoms with Gasteiger partial charge in [-0.25, -0.2) is 4.39 Å². The maximum Gasteiger partial charge on any atom is 0.123 e. The predicted molar refractivity (Wildman–Crippen MR) is 77.5 cm³/mol. The molecular weight excluding hydrogens is 263 g/mol. The van der Waals surface area contributed by atoms with Crippen molar-refractivity contribution >= 4 is 17.2 Å². The number of nitrogens with zero attached hydrogens (tertiary/aromatic N) is 1. The van der Waals surface area contributed by atoms with Gasteiger partial charge in [0.2, 0.25) is 0 Å². The fourth-order valence-electron chi connectivity index (χ4n) is 2.66. The summed E-state index contributed by atoms with van der Waals surface area (Å²) < 4.78 is 19.1. The van der Waals surface area contributed by atoms with E-state index in [1.807, 2.05) is 19.9 Å². The number of rotatable bonds is 3. The van der Waals surface area contributed by atoms with Gasteiger partial charge in [0.15, 0.2) is 0 Å². The Labute approximate surface area is 118 Å². The number of morpholine rings is 1. The molecule has 3 atom stereocenters. The predicted octanol–water partition coefficient (Wildman–Crippen LogP) is 2.26. The molecule has 1 aliphatic heterocycles. The number of halogens is 1. The molecule has 1 aliphatic rings. The SMILES string of the molecule is CC1CN(C(C(N)=S)c2cccc(F)c2)CC(C)O1. The fourth-order valence-corrected chi connectivity index (χ4v) is 2.95. The summed E-state index contributed by atoms with van der Waals surface area (Å²) in [5.74, 6) is -0.270. The Morgan fingerprint density at radius 3 is 2.58 bits per heavy atom. The summed E-state index contributed by atoms with van der Waals surface area (Å²) in [5.41, 5.74) is 6.67. The van der Waals surface area contributed by atoms with Gasteiger partial charge in [-0.05, 0) is 31.5 Å². The first-order chi connectivity index (χ1) is 8.97. The molecule has 0 amide bonds. The van der Waals surface area contributed by atoms with Gasteiger partial charge in [0.25, 0.3) is 0 Å². The third kappa shape index (κ3) is 3.49. The zero-order valence-electron chi connectivity index (χ0n) is 11.2. The van der Waals surface area contributed by atoms with Gasteiger partial charge in [-0.15, -0.1) is 0 Å². The van der Waals surface area contributed by atoms with Crippen LogP contribution in [0.2, 0.25) is 0 Å². The maximum atomic E-state index is 13.4. The van der Waals surface area contributed by atoms with E-state index in [2.05, 4.69) is 4.90 Å². The van der Waals surface area contributed by atoms with E-state index in [1.54, 1.807) is 6.07 Å². The second kappa shape index (κ2) is 5.94. The van der Waals surface area contributed by atoms with E-state index in [0.29, 0.717) is 4.99 Å². The molecule has 2 N–H and O–H groups in total. The van der Waals surface area contributed by atoms with Crippen molar-refractivity contribution in [3.8, 4) is 0 Å². The minimum atomic E-state index is -0.270. The highest BCUT2D eigenvalue weighted by Gasteiger charge is 2.30. The number of hydrogen-bond donors (Lipinski definition) is 1. The summed E-state index contributed by atoms with van der Waals surface area (Å²) in [6, 6.07) is 6.22. The third-order valence-corrected chi connectivity index (χ3v) is 3.47. The number of thiocarbonyl (C=S) groups is 1. The lowest BCUT2D eigenvalue weighted by Crippen LogP contribution is -2.49. The van der Waals surface area contributed by atoms with E-state index >= 15 is 0 Å². The molecule has 19 heavy (non-hydrogen) atoms. The number of nitrogens with two attached hydrogens (primary N) is 1. The van der Waals surface area contributed by atoms with Gasteiger partial charge in [-0.2, -0.15) is 0 Å². The highest BCUT2D eigenvalue weighted by Crippen LogP contribution is 2.25. The highest BCUT2D eigenvalue weighted by atomic mass is 32.1. The van der Waals surface area contributed by atoms with Crippen LogP contribution in [-0.2, 0) is 4.74 Å². The Balaban J connectivity index is 2.27. The lowest BCUT2D eigenvalue weighted by molar-refractivity contribution is -0.0736. The number of hydrogen-bond acceptors (Lipinski definition) is 3. The minimum absolute atomic E-state index is 0.120. The van der Waals surface area contributed by atoms with Crippen molar-refractivity contribution in [3.63, 3.8) is 0 Å². The molecule has 1 heterocycles. The van der Waals surface area contributed by atoms with Crippen molar-refractivity contribution in [1.82, 2.24) is 4.90 Å². The Hall–Kier alpha value is -1.04. The van der Waals surface area contributed by atoms with Crippen LogP contribution >= 0.6 is 12.2 Å². The van der Waals surface area contributed by atoms with Crippen molar-refractivity contribution in [1.29, 1.82) is 0 Å². The summed E-state index contributed by atoms with van der Waals surface area (Å²) in [4.78, 5) is 2.53. The summed E-state index contributed by atoms with van der Waals surface area (Å²) >= 11 is 5.17. The Morgan fingerprint density at radius 1 is 1.42 bits per heavy atom. The van der Waals surface area contributed by atoms with Crippen LogP contribution < -0.4 is 5.73 Å². The van der Waals surface area contributed by atoms with Crippen molar-refractivity contribution in [2.45, 2.75) is 32.1 Å². The van der Waals surface area contributed by atoms with E-state index in [0.717, 1.165) is 18.7 Å². The Kier molecular flexibility index (Phi) is 4.50. The molecule has 1 saturated heterocycles. The molecular formula is C14H19FN2OS. The van der Waals surface area contributed by atoms with Crippen LogP contribution in [0.3, 0.4) is 0 Å². The lowest BCUT2D eigenvalue weighted by Gasteiger charge is -2.40. The van der Waals surface area contributed by atoms with Crippen LogP contribution in [0.5, 0.6) is 0 Å². The summed E-state index contributed by atoms with van der Waals surface area (Å²) in [6.07, 6.45) is 0.239. The summed E-state index contributed by atoms with van der Waals surface area (Å²) in [7, 11) is 0. The monoisotopic (exact) mass is 282 g/mol. The number of benzene rings is 1. The lowest BCUT2D eigenvalue weighted by atomic mass is 10.0. The van der Waals surface area contributed by atoms with Gasteiger partial charge in [0.05, 0.1) is 23.2 Å². The molecule has 0 aromatic heterocycles. The molecule has 0 radical (unpaired) electrons. The molecule has 0 spiro atoms. The molecule has 2 rings (SSSR count). The number of ether oxygens (including phenoxy) is 1. The van der Waals surface area contributed by atoms with Crippen LogP contribution in [0.4, 0.5) is 4.39 Å². The summed E-state index contributed by atoms with van der Waals surface area (Å²) in [5, 5.41) is 0. The average Bonchev–Trinajstić information content (AvgIpc) is 2.27. The van der Waals surface area contributed by atoms with E-state index in [4.69, 9.17) is 22.7 Å². The van der Waals surface area contributed by atoms with Crippen LogP contribution in [0.25, 0.3) is 0 Å². The smallest absolute Gasteiger partial charge is 0.123 e. The first-order valence-electron chi connectivity index (χ1n) is 6.41. The van der Waals surface area contributed by atoms with Gasteiger partial charge in [0.1, 0.15) is 5.82 Å². The second-order valence-corrected chi connectivity index (χ2v) is 5.54. The van der Waals surface area contributed by atoms with E-state index in [9.17, 15) is 4.39 Å². The maximum absolute atomic E-state index is 13.4. The average molecular weight is 282 g/mol. The van der Waals surface area contributed by atoms with E-state index < -0.39 is 0 Å². The van der Waals surface area contributed by atoms with Crippen molar-refractivity contribution < 1.29 is 9.13 Å². The van der Waals surface area contributed by atoms with Gasteiger partial charge in [-0.3, -0.25) is 4.90 Å². The van der Waals surface area contributed by atoms with Gasteiger partial charge < -0.3 is 10.5 Å². The Bertz CT molecular complexity index is 459. The van der Waals surface area contributed by atoms with Gasteiger partial charge in [0, 0.05) is 13.1 Å². The summed E-state index contributed by atoms with van der Waals surface area (Å²) in [6.45, 7) is 5.52. The highest BCUT2D eigenvalue weighted by molar-refractivity contribution is 7.80. The molecule has 104 valence electrons. The normalized spacial score (nSPS) is 26.1. The van der Waals surface area contributed by atoms with Crippen molar-refractivity contribution in [2.24, 2.45) is 5.73 Å². The van der Waals surface area contributed by atoms with Gasteiger partial charge >= 0.3 is 0 Å². The standard InChI is InChI=1S/C14H19FN2OS/c1-9-7-17(8-10(2)18-9)13(14(16)19)11-4-3-5-12(15)6-11/h3-6,9-10,13H,7-8H2,1-2H3,(H2,16,19). The quantitative estimate of drug-likeness (QED) is 0.863. The molecule has 0 saturated carbocycles. The fraction of sp³-hybridized carbons (Fsp3) is 0.500. The van der Waals surface area contributed by atoms with Crippen LogP contribution in [0, 0.1) is 5.82 Å². The molecule has 1 fully saturated rings. The van der Waals surface area contributed by atoms with Crippen molar-refractivity contribution in [2.75, 3.05) is 13.1 Å². The minimum Gasteiger partial charge on any atom is -0.392 e. The molecule has 0 bridgehead atoms.